The monoisotopic (exact) mass is 250 g/mol. The van der Waals surface area contributed by atoms with Gasteiger partial charge < -0.3 is 15.2 Å². The van der Waals surface area contributed by atoms with E-state index < -0.39 is 12.0 Å². The zero-order valence-electron chi connectivity index (χ0n) is 9.56. The predicted octanol–water partition coefficient (Wildman–Crippen LogP) is 0.804. The number of aliphatic carboxylic acids is 1. The third-order valence-electron chi connectivity index (χ3n) is 2.44. The molecule has 2 aromatic heterocycles. The topological polar surface area (TPSA) is 77.9 Å². The Morgan fingerprint density at radius 1 is 1.59 bits per heavy atom. The van der Waals surface area contributed by atoms with E-state index in [2.05, 4.69) is 22.2 Å². The standard InChI is InChI=1S/C11H13N3O2S/c1-3-7-4-8-9(14-6(2)11(15)16)12-5-13-10(8)17-7/h4-6H,3H2,1-2H3,(H,15,16)(H,12,13,14)/p-1/t6-/m1/s1. The number of thiophene rings is 1. The van der Waals surface area contributed by atoms with E-state index in [0.717, 1.165) is 16.6 Å². The number of carboxylic acids is 1. The first-order valence-electron chi connectivity index (χ1n) is 5.32. The Morgan fingerprint density at radius 2 is 2.35 bits per heavy atom. The third-order valence-corrected chi connectivity index (χ3v) is 3.62. The van der Waals surface area contributed by atoms with Gasteiger partial charge in [0.25, 0.3) is 0 Å². The van der Waals surface area contributed by atoms with Gasteiger partial charge in [-0.05, 0) is 19.4 Å². The molecule has 0 unspecified atom stereocenters. The largest absolute Gasteiger partial charge is 0.548 e. The van der Waals surface area contributed by atoms with Crippen LogP contribution in [-0.4, -0.2) is 22.0 Å². The molecule has 0 aliphatic rings. The molecular weight excluding hydrogens is 238 g/mol. The number of aromatic nitrogens is 2. The van der Waals surface area contributed by atoms with Crippen molar-refractivity contribution >= 4 is 33.3 Å². The molecule has 0 aromatic carbocycles. The van der Waals surface area contributed by atoms with Crippen LogP contribution in [0.3, 0.4) is 0 Å². The minimum atomic E-state index is -1.15. The number of anilines is 1. The molecule has 1 atom stereocenters. The molecule has 17 heavy (non-hydrogen) atoms. The molecule has 0 radical (unpaired) electrons. The van der Waals surface area contributed by atoms with Crippen molar-refractivity contribution < 1.29 is 9.90 Å². The molecule has 0 saturated heterocycles. The fourth-order valence-electron chi connectivity index (χ4n) is 1.46. The number of aryl methyl sites for hydroxylation is 1. The van der Waals surface area contributed by atoms with E-state index in [-0.39, 0.29) is 0 Å². The number of carbonyl (C=O) groups is 1. The fraction of sp³-hybridized carbons (Fsp3) is 0.364. The molecule has 2 heterocycles. The van der Waals surface area contributed by atoms with Gasteiger partial charge in [0.2, 0.25) is 0 Å². The van der Waals surface area contributed by atoms with Gasteiger partial charge in [-0.3, -0.25) is 0 Å². The van der Waals surface area contributed by atoms with Gasteiger partial charge in [-0.25, -0.2) is 9.97 Å². The zero-order chi connectivity index (χ0) is 12.4. The lowest BCUT2D eigenvalue weighted by molar-refractivity contribution is -0.306. The van der Waals surface area contributed by atoms with Crippen LogP contribution in [0.4, 0.5) is 5.82 Å². The lowest BCUT2D eigenvalue weighted by Gasteiger charge is -2.15. The molecule has 2 rings (SSSR count). The number of hydrogen-bond donors (Lipinski definition) is 1. The summed E-state index contributed by atoms with van der Waals surface area (Å²) in [5, 5.41) is 14.4. The fourth-order valence-corrected chi connectivity index (χ4v) is 2.39. The van der Waals surface area contributed by atoms with Crippen molar-refractivity contribution in [1.82, 2.24) is 9.97 Å². The van der Waals surface area contributed by atoms with Crippen LogP contribution in [0.15, 0.2) is 12.4 Å². The van der Waals surface area contributed by atoms with Crippen LogP contribution in [0.1, 0.15) is 18.7 Å². The molecule has 0 amide bonds. The second kappa shape index (κ2) is 4.67. The van der Waals surface area contributed by atoms with Gasteiger partial charge in [-0.15, -0.1) is 11.3 Å². The molecule has 0 spiro atoms. The van der Waals surface area contributed by atoms with E-state index in [1.54, 1.807) is 11.3 Å². The van der Waals surface area contributed by atoms with Gasteiger partial charge in [-0.1, -0.05) is 6.92 Å². The van der Waals surface area contributed by atoms with Gasteiger partial charge in [0.05, 0.1) is 17.4 Å². The number of rotatable bonds is 4. The molecular formula is C11H12N3O2S-. The smallest absolute Gasteiger partial charge is 0.138 e. The van der Waals surface area contributed by atoms with E-state index in [4.69, 9.17) is 0 Å². The van der Waals surface area contributed by atoms with E-state index in [1.165, 1.54) is 18.1 Å². The van der Waals surface area contributed by atoms with Crippen LogP contribution in [0.25, 0.3) is 10.2 Å². The maximum atomic E-state index is 10.7. The van der Waals surface area contributed by atoms with Crippen molar-refractivity contribution in [2.75, 3.05) is 5.32 Å². The molecule has 0 aliphatic heterocycles. The van der Waals surface area contributed by atoms with Gasteiger partial charge in [0.1, 0.15) is 17.0 Å². The first-order valence-corrected chi connectivity index (χ1v) is 6.14. The SMILES string of the molecule is CCc1cc2c(N[C@H](C)C(=O)[O-])ncnc2s1. The second-order valence-electron chi connectivity index (χ2n) is 3.69. The van der Waals surface area contributed by atoms with Crippen LogP contribution in [0, 0.1) is 0 Å². The van der Waals surface area contributed by atoms with Gasteiger partial charge in [0.15, 0.2) is 0 Å². The number of fused-ring (bicyclic) bond motifs is 1. The molecule has 0 bridgehead atoms. The minimum Gasteiger partial charge on any atom is -0.548 e. The molecule has 1 N–H and O–H groups in total. The highest BCUT2D eigenvalue weighted by Crippen LogP contribution is 2.28. The first kappa shape index (κ1) is 11.8. The quantitative estimate of drug-likeness (QED) is 0.868. The summed E-state index contributed by atoms with van der Waals surface area (Å²) in [6.45, 7) is 3.59. The minimum absolute atomic E-state index is 0.544. The Kier molecular flexibility index (Phi) is 3.23. The maximum absolute atomic E-state index is 10.7. The predicted molar refractivity (Wildman–Crippen MR) is 64.9 cm³/mol. The number of carboxylic acid groups (broad SMARTS) is 1. The van der Waals surface area contributed by atoms with Gasteiger partial charge in [0, 0.05) is 4.88 Å². The molecule has 2 aromatic rings. The highest BCUT2D eigenvalue weighted by molar-refractivity contribution is 7.18. The van der Waals surface area contributed by atoms with Gasteiger partial charge in [-0.2, -0.15) is 0 Å². The normalized spacial score (nSPS) is 12.6. The summed E-state index contributed by atoms with van der Waals surface area (Å²) < 4.78 is 0. The Balaban J connectivity index is 2.39. The number of nitrogens with one attached hydrogen (secondary N) is 1. The highest BCUT2D eigenvalue weighted by atomic mass is 32.1. The van der Waals surface area contributed by atoms with Crippen molar-refractivity contribution in [3.05, 3.63) is 17.3 Å². The molecule has 0 aliphatic carbocycles. The lowest BCUT2D eigenvalue weighted by atomic mass is 10.3. The van der Waals surface area contributed by atoms with Crippen molar-refractivity contribution in [3.8, 4) is 0 Å². The van der Waals surface area contributed by atoms with Crippen molar-refractivity contribution in [2.24, 2.45) is 0 Å². The van der Waals surface area contributed by atoms with Crippen molar-refractivity contribution in [1.29, 1.82) is 0 Å². The average Bonchev–Trinajstić information content (AvgIpc) is 2.72. The summed E-state index contributed by atoms with van der Waals surface area (Å²) in [6, 6.07) is 1.21. The molecule has 5 nitrogen and oxygen atoms in total. The molecule has 0 fully saturated rings. The zero-order valence-corrected chi connectivity index (χ0v) is 10.4. The third kappa shape index (κ3) is 2.36. The average molecular weight is 250 g/mol. The van der Waals surface area contributed by atoms with E-state index in [0.29, 0.717) is 5.82 Å². The lowest BCUT2D eigenvalue weighted by Crippen LogP contribution is -2.38. The summed E-state index contributed by atoms with van der Waals surface area (Å²) >= 11 is 1.59. The van der Waals surface area contributed by atoms with E-state index in [9.17, 15) is 9.90 Å². The van der Waals surface area contributed by atoms with Crippen LogP contribution in [-0.2, 0) is 11.2 Å². The molecule has 90 valence electrons. The maximum Gasteiger partial charge on any atom is 0.138 e. The van der Waals surface area contributed by atoms with Gasteiger partial charge >= 0.3 is 0 Å². The van der Waals surface area contributed by atoms with Crippen LogP contribution in [0.5, 0.6) is 0 Å². The van der Waals surface area contributed by atoms with E-state index >= 15 is 0 Å². The van der Waals surface area contributed by atoms with Crippen LogP contribution >= 0.6 is 11.3 Å². The summed E-state index contributed by atoms with van der Waals surface area (Å²) in [7, 11) is 0. The Bertz CT molecular complexity index is 553. The first-order chi connectivity index (χ1) is 8.11. The highest BCUT2D eigenvalue weighted by Gasteiger charge is 2.10. The van der Waals surface area contributed by atoms with Crippen LogP contribution < -0.4 is 10.4 Å². The molecule has 6 heteroatoms. The Morgan fingerprint density at radius 3 is 3.00 bits per heavy atom. The second-order valence-corrected chi connectivity index (χ2v) is 4.81. The summed E-state index contributed by atoms with van der Waals surface area (Å²) in [4.78, 5) is 21.0. The summed E-state index contributed by atoms with van der Waals surface area (Å²) in [5.74, 6) is -0.606. The summed E-state index contributed by atoms with van der Waals surface area (Å²) in [6.07, 6.45) is 2.36. The Labute approximate surface area is 103 Å². The van der Waals surface area contributed by atoms with Crippen molar-refractivity contribution in [3.63, 3.8) is 0 Å². The van der Waals surface area contributed by atoms with Crippen molar-refractivity contribution in [2.45, 2.75) is 26.3 Å². The van der Waals surface area contributed by atoms with Crippen LogP contribution in [0.2, 0.25) is 0 Å². The summed E-state index contributed by atoms with van der Waals surface area (Å²) in [5.41, 5.74) is 0. The Hall–Kier alpha value is -1.69. The number of nitrogens with zero attached hydrogens (tertiary/aromatic N) is 2. The number of carbonyl (C=O) groups excluding carboxylic acids is 1. The number of hydrogen-bond acceptors (Lipinski definition) is 6. The van der Waals surface area contributed by atoms with E-state index in [1.807, 2.05) is 6.07 Å². The molecule has 0 saturated carbocycles.